The number of rotatable bonds is 4. The van der Waals surface area contributed by atoms with Crippen LogP contribution in [0.1, 0.15) is 36.4 Å². The highest BCUT2D eigenvalue weighted by Gasteiger charge is 2.36. The van der Waals surface area contributed by atoms with Crippen LogP contribution >= 0.6 is 24.0 Å². The van der Waals surface area contributed by atoms with Crippen molar-refractivity contribution in [2.24, 2.45) is 0 Å². The van der Waals surface area contributed by atoms with Crippen molar-refractivity contribution in [1.29, 1.82) is 0 Å². The van der Waals surface area contributed by atoms with Crippen LogP contribution in [0, 0.1) is 5.82 Å². The third-order valence-electron chi connectivity index (χ3n) is 5.23. The van der Waals surface area contributed by atoms with E-state index in [9.17, 15) is 14.0 Å². The number of likely N-dealkylation sites (tertiary alicyclic amines) is 1. The first kappa shape index (κ1) is 20.7. The number of thioether (sulfide) groups is 1. The van der Waals surface area contributed by atoms with Crippen molar-refractivity contribution in [3.63, 3.8) is 0 Å². The Morgan fingerprint density at radius 2 is 2.07 bits per heavy atom. The first-order valence-corrected chi connectivity index (χ1v) is 11.0. The lowest BCUT2D eigenvalue weighted by Crippen LogP contribution is -2.45. The van der Waals surface area contributed by atoms with Gasteiger partial charge < -0.3 is 4.90 Å². The van der Waals surface area contributed by atoms with Gasteiger partial charge in [0.1, 0.15) is 16.7 Å². The second-order valence-electron chi connectivity index (χ2n) is 7.20. The highest BCUT2D eigenvalue weighted by atomic mass is 32.2. The largest absolute Gasteiger partial charge is 0.334 e. The van der Waals surface area contributed by atoms with Gasteiger partial charge in [-0.05, 0) is 54.7 Å². The average molecular weight is 442 g/mol. The van der Waals surface area contributed by atoms with Gasteiger partial charge >= 0.3 is 0 Å². The summed E-state index contributed by atoms with van der Waals surface area (Å²) < 4.78 is 13.5. The summed E-state index contributed by atoms with van der Waals surface area (Å²) >= 11 is 6.52. The average Bonchev–Trinajstić information content (AvgIpc) is 3.03. The van der Waals surface area contributed by atoms with Gasteiger partial charge in [-0.3, -0.25) is 19.5 Å². The number of hydrogen-bond donors (Lipinski definition) is 0. The normalized spacial score (nSPS) is 20.8. The standard InChI is InChI=1S/C22H20FN3O2S2/c23-17-8-6-15(7-9-17)12-19-21(28)26(22(29)30-19)14-20(27)25-11-2-1-5-18(25)16-4-3-10-24-13-16/h3-4,6-10,12-13,18H,1-2,5,11,14H2/b19-12-/t18-/m1/s1. The molecule has 2 aliphatic rings. The highest BCUT2D eigenvalue weighted by molar-refractivity contribution is 8.26. The molecule has 4 rings (SSSR count). The maximum atomic E-state index is 13.1. The zero-order valence-corrected chi connectivity index (χ0v) is 17.8. The van der Waals surface area contributed by atoms with E-state index in [0.717, 1.165) is 36.6 Å². The van der Waals surface area contributed by atoms with E-state index in [1.165, 1.54) is 17.0 Å². The Bertz CT molecular complexity index is 995. The molecule has 1 aromatic heterocycles. The van der Waals surface area contributed by atoms with E-state index in [0.29, 0.717) is 21.3 Å². The van der Waals surface area contributed by atoms with Crippen LogP contribution in [-0.4, -0.2) is 44.0 Å². The topological polar surface area (TPSA) is 53.5 Å². The van der Waals surface area contributed by atoms with Crippen LogP contribution in [0.2, 0.25) is 0 Å². The third-order valence-corrected chi connectivity index (χ3v) is 6.60. The zero-order chi connectivity index (χ0) is 21.1. The molecule has 1 aromatic carbocycles. The number of hydrogen-bond acceptors (Lipinski definition) is 5. The summed E-state index contributed by atoms with van der Waals surface area (Å²) in [4.78, 5) is 33.8. The van der Waals surface area contributed by atoms with Crippen LogP contribution in [0.3, 0.4) is 0 Å². The summed E-state index contributed by atoms with van der Waals surface area (Å²) in [7, 11) is 0. The van der Waals surface area contributed by atoms with Gasteiger partial charge in [-0.2, -0.15) is 0 Å². The van der Waals surface area contributed by atoms with Crippen molar-refractivity contribution in [1.82, 2.24) is 14.8 Å². The minimum Gasteiger partial charge on any atom is -0.334 e. The molecule has 2 fully saturated rings. The Morgan fingerprint density at radius 1 is 1.27 bits per heavy atom. The van der Waals surface area contributed by atoms with Crippen LogP contribution in [-0.2, 0) is 9.59 Å². The number of pyridine rings is 1. The molecule has 8 heteroatoms. The third kappa shape index (κ3) is 4.44. The maximum absolute atomic E-state index is 13.1. The van der Waals surface area contributed by atoms with Crippen LogP contribution in [0.4, 0.5) is 4.39 Å². The molecule has 0 saturated carbocycles. The molecule has 0 unspecified atom stereocenters. The Labute approximate surface area is 184 Å². The quantitative estimate of drug-likeness (QED) is 0.526. The van der Waals surface area contributed by atoms with Crippen molar-refractivity contribution in [2.75, 3.05) is 13.1 Å². The number of carbonyl (C=O) groups is 2. The van der Waals surface area contributed by atoms with E-state index in [1.54, 1.807) is 30.6 Å². The van der Waals surface area contributed by atoms with Gasteiger partial charge in [0.2, 0.25) is 5.91 Å². The second-order valence-corrected chi connectivity index (χ2v) is 8.88. The first-order valence-electron chi connectivity index (χ1n) is 9.73. The van der Waals surface area contributed by atoms with Crippen molar-refractivity contribution < 1.29 is 14.0 Å². The Hall–Kier alpha value is -2.58. The maximum Gasteiger partial charge on any atom is 0.266 e. The van der Waals surface area contributed by atoms with Crippen molar-refractivity contribution in [3.05, 3.63) is 70.6 Å². The number of nitrogens with zero attached hydrogens (tertiary/aromatic N) is 3. The molecule has 1 atom stereocenters. The smallest absolute Gasteiger partial charge is 0.266 e. The van der Waals surface area contributed by atoms with Crippen LogP contribution in [0.5, 0.6) is 0 Å². The van der Waals surface area contributed by atoms with Gasteiger partial charge in [-0.25, -0.2) is 4.39 Å². The lowest BCUT2D eigenvalue weighted by Gasteiger charge is -2.36. The molecular formula is C22H20FN3O2S2. The molecule has 2 amide bonds. The van der Waals surface area contributed by atoms with Crippen molar-refractivity contribution in [3.8, 4) is 0 Å². The molecule has 30 heavy (non-hydrogen) atoms. The molecular weight excluding hydrogens is 421 g/mol. The molecule has 2 aliphatic heterocycles. The van der Waals surface area contributed by atoms with Gasteiger partial charge in [0.25, 0.3) is 5.91 Å². The van der Waals surface area contributed by atoms with E-state index >= 15 is 0 Å². The minimum absolute atomic E-state index is 0.0342. The summed E-state index contributed by atoms with van der Waals surface area (Å²) in [5, 5.41) is 0. The van der Waals surface area contributed by atoms with E-state index in [2.05, 4.69) is 4.98 Å². The molecule has 5 nitrogen and oxygen atoms in total. The fourth-order valence-corrected chi connectivity index (χ4v) is 4.98. The molecule has 0 radical (unpaired) electrons. The van der Waals surface area contributed by atoms with E-state index in [1.807, 2.05) is 17.0 Å². The van der Waals surface area contributed by atoms with Crippen LogP contribution < -0.4 is 0 Å². The summed E-state index contributed by atoms with van der Waals surface area (Å²) in [6.45, 7) is 0.570. The summed E-state index contributed by atoms with van der Waals surface area (Å²) in [6, 6.07) is 9.69. The van der Waals surface area contributed by atoms with Gasteiger partial charge in [0.15, 0.2) is 0 Å². The molecule has 2 aromatic rings. The summed E-state index contributed by atoms with van der Waals surface area (Å²) in [5.74, 6) is -0.754. The molecule has 0 bridgehead atoms. The predicted molar refractivity (Wildman–Crippen MR) is 119 cm³/mol. The van der Waals surface area contributed by atoms with Gasteiger partial charge in [-0.1, -0.05) is 42.2 Å². The number of amides is 2. The number of piperidine rings is 1. The fourth-order valence-electron chi connectivity index (χ4n) is 3.72. The Kier molecular flexibility index (Phi) is 6.24. The highest BCUT2D eigenvalue weighted by Crippen LogP contribution is 2.34. The monoisotopic (exact) mass is 441 g/mol. The molecule has 154 valence electrons. The lowest BCUT2D eigenvalue weighted by molar-refractivity contribution is -0.138. The number of carbonyl (C=O) groups excluding carboxylic acids is 2. The summed E-state index contributed by atoms with van der Waals surface area (Å²) in [5.41, 5.74) is 1.71. The number of thiocarbonyl (C=S) groups is 1. The SMILES string of the molecule is O=C1/C(=C/c2ccc(F)cc2)SC(=S)N1CC(=O)N1CCCC[C@@H]1c1cccnc1. The van der Waals surface area contributed by atoms with E-state index in [-0.39, 0.29) is 30.2 Å². The first-order chi connectivity index (χ1) is 14.5. The Balaban J connectivity index is 1.49. The van der Waals surface area contributed by atoms with Crippen molar-refractivity contribution in [2.45, 2.75) is 25.3 Å². The molecule has 0 aliphatic carbocycles. The lowest BCUT2D eigenvalue weighted by atomic mass is 9.96. The Morgan fingerprint density at radius 3 is 2.80 bits per heavy atom. The fraction of sp³-hybridized carbons (Fsp3) is 0.273. The number of aromatic nitrogens is 1. The number of benzene rings is 1. The molecule has 0 N–H and O–H groups in total. The molecule has 0 spiro atoms. The molecule has 2 saturated heterocycles. The predicted octanol–water partition coefficient (Wildman–Crippen LogP) is 4.18. The van der Waals surface area contributed by atoms with E-state index in [4.69, 9.17) is 12.2 Å². The summed E-state index contributed by atoms with van der Waals surface area (Å²) in [6.07, 6.45) is 8.03. The van der Waals surface area contributed by atoms with Crippen molar-refractivity contribution >= 4 is 46.2 Å². The van der Waals surface area contributed by atoms with Gasteiger partial charge in [-0.15, -0.1) is 0 Å². The minimum atomic E-state index is -0.338. The van der Waals surface area contributed by atoms with Crippen LogP contribution in [0.25, 0.3) is 6.08 Å². The van der Waals surface area contributed by atoms with Crippen LogP contribution in [0.15, 0.2) is 53.7 Å². The van der Waals surface area contributed by atoms with Gasteiger partial charge in [0.05, 0.1) is 10.9 Å². The van der Waals surface area contributed by atoms with E-state index < -0.39 is 0 Å². The molecule has 3 heterocycles. The number of halogens is 1. The zero-order valence-electron chi connectivity index (χ0n) is 16.2. The second kappa shape index (κ2) is 9.06. The van der Waals surface area contributed by atoms with Gasteiger partial charge in [0, 0.05) is 18.9 Å².